The van der Waals surface area contributed by atoms with Crippen LogP contribution in [0.3, 0.4) is 0 Å². The molecule has 3 aromatic rings. The van der Waals surface area contributed by atoms with E-state index in [0.717, 1.165) is 10.0 Å². The number of esters is 1. The predicted octanol–water partition coefficient (Wildman–Crippen LogP) is 4.24. The van der Waals surface area contributed by atoms with Crippen LogP contribution in [0.2, 0.25) is 0 Å². The zero-order valence-corrected chi connectivity index (χ0v) is 18.7. The first-order chi connectivity index (χ1) is 14.9. The van der Waals surface area contributed by atoms with Gasteiger partial charge in [-0.25, -0.2) is 13.2 Å². The lowest BCUT2D eigenvalue weighted by molar-refractivity contribution is 0.0474. The van der Waals surface area contributed by atoms with Gasteiger partial charge in [0.1, 0.15) is 0 Å². The van der Waals surface area contributed by atoms with E-state index in [-0.39, 0.29) is 16.2 Å². The van der Waals surface area contributed by atoms with Gasteiger partial charge in [0.05, 0.1) is 16.1 Å². The van der Waals surface area contributed by atoms with Crippen LogP contribution in [0, 0.1) is 0 Å². The van der Waals surface area contributed by atoms with Crippen LogP contribution in [0.25, 0.3) is 0 Å². The van der Waals surface area contributed by atoms with Crippen molar-refractivity contribution in [1.82, 2.24) is 0 Å². The summed E-state index contributed by atoms with van der Waals surface area (Å²) in [7, 11) is -3.83. The van der Waals surface area contributed by atoms with E-state index < -0.39 is 22.6 Å². The fraction of sp³-hybridized carbons (Fsp3) is 0.130. The molecule has 0 saturated carbocycles. The van der Waals surface area contributed by atoms with Crippen molar-refractivity contribution in [2.45, 2.75) is 11.3 Å². The van der Waals surface area contributed by atoms with Crippen molar-refractivity contribution < 1.29 is 22.7 Å². The van der Waals surface area contributed by atoms with E-state index in [9.17, 15) is 18.0 Å². The number of sulfonamides is 1. The summed E-state index contributed by atoms with van der Waals surface area (Å²) < 4.78 is 33.6. The minimum absolute atomic E-state index is 0.00281. The molecule has 1 aliphatic rings. The number of Topliss-reactive ketones (excluding diaryl/α,β-unsaturated/α-hetero) is 1. The number of rotatable bonds is 6. The fourth-order valence-corrected chi connectivity index (χ4v) is 5.38. The van der Waals surface area contributed by atoms with Crippen LogP contribution in [-0.4, -0.2) is 33.3 Å². The van der Waals surface area contributed by atoms with Crippen molar-refractivity contribution in [3.05, 3.63) is 94.0 Å². The Morgan fingerprint density at radius 3 is 2.48 bits per heavy atom. The average Bonchev–Trinajstić information content (AvgIpc) is 3.22. The standard InChI is InChI=1S/C23H18BrNO5S/c24-19-8-3-6-17(13-19)22(26)15-30-23(27)18-7-4-9-20(14-18)31(28,29)25-12-11-16-5-1-2-10-21(16)25/h1-10,13-14H,11-12,15H2. The lowest BCUT2D eigenvalue weighted by atomic mass is 10.1. The molecule has 0 aromatic heterocycles. The summed E-state index contributed by atoms with van der Waals surface area (Å²) in [6.07, 6.45) is 0.634. The zero-order valence-electron chi connectivity index (χ0n) is 16.3. The van der Waals surface area contributed by atoms with Gasteiger partial charge in [-0.15, -0.1) is 0 Å². The fourth-order valence-electron chi connectivity index (χ4n) is 3.43. The molecular formula is C23H18BrNO5S. The monoisotopic (exact) mass is 499 g/mol. The second-order valence-corrected chi connectivity index (χ2v) is 9.77. The highest BCUT2D eigenvalue weighted by atomic mass is 79.9. The van der Waals surface area contributed by atoms with Crippen LogP contribution in [0.4, 0.5) is 5.69 Å². The maximum absolute atomic E-state index is 13.2. The average molecular weight is 500 g/mol. The first kappa shape index (κ1) is 21.3. The number of ether oxygens (including phenoxy) is 1. The summed E-state index contributed by atoms with van der Waals surface area (Å²) in [4.78, 5) is 24.7. The summed E-state index contributed by atoms with van der Waals surface area (Å²) in [5.41, 5.74) is 2.09. The van der Waals surface area contributed by atoms with Gasteiger partial charge in [0.2, 0.25) is 0 Å². The van der Waals surface area contributed by atoms with Crippen LogP contribution in [0.15, 0.2) is 82.2 Å². The molecule has 0 fully saturated rings. The van der Waals surface area contributed by atoms with E-state index >= 15 is 0 Å². The Balaban J connectivity index is 1.50. The molecule has 3 aromatic carbocycles. The van der Waals surface area contributed by atoms with E-state index in [1.165, 1.54) is 28.6 Å². The first-order valence-electron chi connectivity index (χ1n) is 9.53. The number of hydrogen-bond acceptors (Lipinski definition) is 5. The number of ketones is 1. The van der Waals surface area contributed by atoms with Crippen LogP contribution >= 0.6 is 15.9 Å². The Morgan fingerprint density at radius 1 is 0.935 bits per heavy atom. The van der Waals surface area contributed by atoms with E-state index in [1.807, 2.05) is 12.1 Å². The van der Waals surface area contributed by atoms with Crippen LogP contribution in [0.5, 0.6) is 0 Å². The van der Waals surface area contributed by atoms with Crippen molar-refractivity contribution in [2.24, 2.45) is 0 Å². The lowest BCUT2D eigenvalue weighted by Gasteiger charge is -2.19. The second kappa shape index (κ2) is 8.64. The van der Waals surface area contributed by atoms with Gasteiger partial charge in [0, 0.05) is 16.6 Å². The van der Waals surface area contributed by atoms with E-state index in [1.54, 1.807) is 36.4 Å². The molecule has 0 N–H and O–H groups in total. The van der Waals surface area contributed by atoms with Crippen molar-refractivity contribution in [3.8, 4) is 0 Å². The Morgan fingerprint density at radius 2 is 1.68 bits per heavy atom. The third kappa shape index (κ3) is 4.40. The van der Waals surface area contributed by atoms with Crippen molar-refractivity contribution >= 4 is 43.4 Å². The Hall–Kier alpha value is -2.97. The van der Waals surface area contributed by atoms with Crippen molar-refractivity contribution in [3.63, 3.8) is 0 Å². The largest absolute Gasteiger partial charge is 0.454 e. The van der Waals surface area contributed by atoms with Gasteiger partial charge in [-0.05, 0) is 48.4 Å². The number of carbonyl (C=O) groups excluding carboxylic acids is 2. The molecule has 0 aliphatic carbocycles. The quantitative estimate of drug-likeness (QED) is 0.374. The Bertz CT molecular complexity index is 1270. The Kier molecular flexibility index (Phi) is 5.93. The molecular weight excluding hydrogens is 482 g/mol. The van der Waals surface area contributed by atoms with E-state index in [0.29, 0.717) is 24.2 Å². The zero-order chi connectivity index (χ0) is 22.0. The summed E-state index contributed by atoms with van der Waals surface area (Å²) in [5.74, 6) is -1.12. The minimum Gasteiger partial charge on any atom is -0.454 e. The molecule has 6 nitrogen and oxygen atoms in total. The number of hydrogen-bond donors (Lipinski definition) is 0. The van der Waals surface area contributed by atoms with Crippen LogP contribution in [0.1, 0.15) is 26.3 Å². The van der Waals surface area contributed by atoms with E-state index in [2.05, 4.69) is 15.9 Å². The highest BCUT2D eigenvalue weighted by molar-refractivity contribution is 9.10. The van der Waals surface area contributed by atoms with Gasteiger partial charge in [0.25, 0.3) is 10.0 Å². The van der Waals surface area contributed by atoms with Crippen molar-refractivity contribution in [2.75, 3.05) is 17.5 Å². The second-order valence-electron chi connectivity index (χ2n) is 6.99. The molecule has 31 heavy (non-hydrogen) atoms. The number of anilines is 1. The minimum atomic E-state index is -3.83. The highest BCUT2D eigenvalue weighted by Gasteiger charge is 2.31. The predicted molar refractivity (Wildman–Crippen MR) is 120 cm³/mol. The lowest BCUT2D eigenvalue weighted by Crippen LogP contribution is -2.29. The van der Waals surface area contributed by atoms with Crippen molar-refractivity contribution in [1.29, 1.82) is 0 Å². The van der Waals surface area contributed by atoms with Gasteiger partial charge in [-0.2, -0.15) is 0 Å². The molecule has 0 saturated heterocycles. The summed E-state index contributed by atoms with van der Waals surface area (Å²) in [6, 6.07) is 19.8. The number of carbonyl (C=O) groups is 2. The molecule has 0 unspecified atom stereocenters. The van der Waals surface area contributed by atoms with Gasteiger partial charge in [0.15, 0.2) is 12.4 Å². The normalized spacial score (nSPS) is 13.0. The molecule has 0 bridgehead atoms. The first-order valence-corrected chi connectivity index (χ1v) is 11.8. The number of benzene rings is 3. The molecule has 4 rings (SSSR count). The summed E-state index contributed by atoms with van der Waals surface area (Å²) >= 11 is 3.29. The maximum Gasteiger partial charge on any atom is 0.338 e. The molecule has 1 aliphatic heterocycles. The van der Waals surface area contributed by atoms with Crippen LogP contribution in [-0.2, 0) is 21.2 Å². The van der Waals surface area contributed by atoms with Gasteiger partial charge >= 0.3 is 5.97 Å². The molecule has 0 amide bonds. The highest BCUT2D eigenvalue weighted by Crippen LogP contribution is 2.32. The third-order valence-corrected chi connectivity index (χ3v) is 7.29. The molecule has 0 spiro atoms. The topological polar surface area (TPSA) is 80.8 Å². The third-order valence-electron chi connectivity index (χ3n) is 4.98. The maximum atomic E-state index is 13.2. The molecule has 0 atom stereocenters. The smallest absolute Gasteiger partial charge is 0.338 e. The number of fused-ring (bicyclic) bond motifs is 1. The SMILES string of the molecule is O=C(COC(=O)c1cccc(S(=O)(=O)N2CCc3ccccc32)c1)c1cccc(Br)c1. The Labute approximate surface area is 188 Å². The van der Waals surface area contributed by atoms with E-state index in [4.69, 9.17) is 4.74 Å². The van der Waals surface area contributed by atoms with Crippen LogP contribution < -0.4 is 4.31 Å². The van der Waals surface area contributed by atoms with Gasteiger partial charge < -0.3 is 4.74 Å². The summed E-state index contributed by atoms with van der Waals surface area (Å²) in [5, 5.41) is 0. The number of para-hydroxylation sites is 1. The number of nitrogens with zero attached hydrogens (tertiary/aromatic N) is 1. The van der Waals surface area contributed by atoms with Gasteiger partial charge in [-0.3, -0.25) is 9.10 Å². The molecule has 158 valence electrons. The number of halogens is 1. The summed E-state index contributed by atoms with van der Waals surface area (Å²) in [6.45, 7) is -0.0940. The molecule has 1 heterocycles. The molecule has 8 heteroatoms. The molecule has 0 radical (unpaired) electrons. The van der Waals surface area contributed by atoms with Gasteiger partial charge in [-0.1, -0.05) is 52.3 Å².